The summed E-state index contributed by atoms with van der Waals surface area (Å²) in [5.74, 6) is -0.0985. The van der Waals surface area contributed by atoms with E-state index in [1.807, 2.05) is 20.8 Å². The van der Waals surface area contributed by atoms with Crippen LogP contribution < -0.4 is 5.32 Å². The van der Waals surface area contributed by atoms with Crippen molar-refractivity contribution in [1.29, 1.82) is 0 Å². The van der Waals surface area contributed by atoms with Crippen LogP contribution in [0.15, 0.2) is 0 Å². The Balaban J connectivity index is 1.94. The third kappa shape index (κ3) is 20.7. The van der Waals surface area contributed by atoms with Gasteiger partial charge >= 0.3 is 0 Å². The number of aliphatic hydroxyl groups is 3. The number of Topliss-reactive ketones (excluding diaryl/α,β-unsaturated/α-hetero) is 3. The molecule has 1 unspecified atom stereocenters. The van der Waals surface area contributed by atoms with E-state index in [1.54, 1.807) is 0 Å². The standard InChI is InChI=1S/C37H64N2O13/c1-27(2)37(4,38-5)16-15-29(42)13-10-17-47-20-23-50-26-31(44)14-11-18-48-21-22-49-25-30(43)12-8-6-7-9-19-51-36-33(39-28(3)41)35(46)34(45)32(24-40)52-36/h27,32-36,40,45-46H,6-26H2,1-4H3,(H,39,41)/t32-,33-,34+,35-,36-,37?/m1/s1. The molecule has 1 amide bonds. The van der Waals surface area contributed by atoms with Crippen LogP contribution in [0.2, 0.25) is 0 Å². The van der Waals surface area contributed by atoms with Crippen molar-refractivity contribution in [2.24, 2.45) is 5.92 Å². The predicted octanol–water partition coefficient (Wildman–Crippen LogP) is 2.35. The van der Waals surface area contributed by atoms with Crippen LogP contribution in [0.4, 0.5) is 0 Å². The molecule has 0 aromatic carbocycles. The van der Waals surface area contributed by atoms with Crippen LogP contribution in [-0.4, -0.2) is 141 Å². The van der Waals surface area contributed by atoms with Crippen LogP contribution in [-0.2, 0) is 47.6 Å². The number of rotatable bonds is 32. The van der Waals surface area contributed by atoms with Gasteiger partial charge in [0.2, 0.25) is 11.4 Å². The lowest BCUT2D eigenvalue weighted by Crippen LogP contribution is -2.64. The highest BCUT2D eigenvalue weighted by Gasteiger charge is 2.45. The van der Waals surface area contributed by atoms with E-state index in [-0.39, 0.29) is 49.7 Å². The van der Waals surface area contributed by atoms with Gasteiger partial charge in [0, 0.05) is 71.7 Å². The maximum atomic E-state index is 12.1. The van der Waals surface area contributed by atoms with E-state index >= 15 is 0 Å². The second-order valence-corrected chi connectivity index (χ2v) is 13.7. The molecule has 15 nitrogen and oxygen atoms in total. The molecule has 0 bridgehead atoms. The molecule has 6 atom stereocenters. The lowest BCUT2D eigenvalue weighted by atomic mass is 9.84. The highest BCUT2D eigenvalue weighted by Crippen LogP contribution is 2.27. The van der Waals surface area contributed by atoms with Gasteiger partial charge in [0.1, 0.15) is 43.4 Å². The van der Waals surface area contributed by atoms with Gasteiger partial charge in [-0.1, -0.05) is 26.7 Å². The number of hydrogen-bond donors (Lipinski definition) is 4. The quantitative estimate of drug-likeness (QED) is 0.0579. The van der Waals surface area contributed by atoms with E-state index in [1.165, 1.54) is 6.92 Å². The predicted molar refractivity (Wildman–Crippen MR) is 190 cm³/mol. The van der Waals surface area contributed by atoms with Gasteiger partial charge in [-0.05, 0) is 25.7 Å². The highest BCUT2D eigenvalue weighted by molar-refractivity contribution is 5.80. The minimum atomic E-state index is -1.36. The lowest BCUT2D eigenvalue weighted by molar-refractivity contribution is -0.270. The monoisotopic (exact) mass is 744 g/mol. The first-order chi connectivity index (χ1) is 24.8. The zero-order valence-electron chi connectivity index (χ0n) is 31.7. The van der Waals surface area contributed by atoms with Gasteiger partial charge in [-0.15, -0.1) is 0 Å². The van der Waals surface area contributed by atoms with Gasteiger partial charge in [-0.2, -0.15) is 0 Å². The molecule has 52 heavy (non-hydrogen) atoms. The molecular formula is C37H64N2O13. The topological polar surface area (TPSA) is 201 Å². The van der Waals surface area contributed by atoms with Crippen molar-refractivity contribution in [2.75, 3.05) is 66.1 Å². The van der Waals surface area contributed by atoms with E-state index < -0.39 is 48.7 Å². The second kappa shape index (κ2) is 28.1. The number of carbonyl (C=O) groups excluding carboxylic acids is 4. The molecule has 1 aliphatic rings. The average molecular weight is 745 g/mol. The maximum absolute atomic E-state index is 12.1. The van der Waals surface area contributed by atoms with E-state index in [0.29, 0.717) is 90.8 Å². The van der Waals surface area contributed by atoms with Crippen LogP contribution in [0.3, 0.4) is 0 Å². The van der Waals surface area contributed by atoms with Crippen LogP contribution in [0.25, 0.3) is 4.85 Å². The summed E-state index contributed by atoms with van der Waals surface area (Å²) in [7, 11) is 0. The molecule has 1 fully saturated rings. The Morgan fingerprint density at radius 3 is 1.83 bits per heavy atom. The van der Waals surface area contributed by atoms with Gasteiger partial charge in [-0.3, -0.25) is 19.2 Å². The molecule has 0 radical (unpaired) electrons. The van der Waals surface area contributed by atoms with Crippen LogP contribution in [0, 0.1) is 12.5 Å². The zero-order valence-corrected chi connectivity index (χ0v) is 31.7. The molecule has 300 valence electrons. The summed E-state index contributed by atoms with van der Waals surface area (Å²) in [5, 5.41) is 32.3. The molecule has 0 aromatic heterocycles. The number of nitrogens with zero attached hydrogens (tertiary/aromatic N) is 1. The average Bonchev–Trinajstić information content (AvgIpc) is 3.11. The smallest absolute Gasteiger partial charge is 0.232 e. The molecule has 1 aliphatic heterocycles. The molecule has 4 N–H and O–H groups in total. The van der Waals surface area contributed by atoms with Crippen molar-refractivity contribution in [2.45, 2.75) is 135 Å². The fourth-order valence-electron chi connectivity index (χ4n) is 5.28. The minimum absolute atomic E-state index is 0.00267. The molecule has 0 aromatic rings. The van der Waals surface area contributed by atoms with E-state index in [0.717, 1.165) is 12.8 Å². The van der Waals surface area contributed by atoms with E-state index in [9.17, 15) is 34.5 Å². The third-order valence-electron chi connectivity index (χ3n) is 9.05. The van der Waals surface area contributed by atoms with Crippen molar-refractivity contribution in [3.05, 3.63) is 11.4 Å². The van der Waals surface area contributed by atoms with Crippen molar-refractivity contribution in [1.82, 2.24) is 5.32 Å². The number of aliphatic hydroxyl groups excluding tert-OH is 3. The maximum Gasteiger partial charge on any atom is 0.232 e. The number of unbranched alkanes of at least 4 members (excludes halogenated alkanes) is 3. The summed E-state index contributed by atoms with van der Waals surface area (Å²) in [5.41, 5.74) is -0.499. The summed E-state index contributed by atoms with van der Waals surface area (Å²) < 4.78 is 32.9. The summed E-state index contributed by atoms with van der Waals surface area (Å²) >= 11 is 0. The first-order valence-corrected chi connectivity index (χ1v) is 18.6. The van der Waals surface area contributed by atoms with Crippen molar-refractivity contribution < 1.29 is 62.9 Å². The fraction of sp³-hybridized carbons (Fsp3) is 0.865. The number of amides is 1. The Bertz CT molecular complexity index is 1070. The largest absolute Gasteiger partial charge is 0.394 e. The zero-order chi connectivity index (χ0) is 38.8. The Hall–Kier alpha value is -2.39. The van der Waals surface area contributed by atoms with Gasteiger partial charge < -0.3 is 53.9 Å². The van der Waals surface area contributed by atoms with Crippen molar-refractivity contribution in [3.63, 3.8) is 0 Å². The Morgan fingerprint density at radius 1 is 0.750 bits per heavy atom. The SMILES string of the molecule is [C-]#[N+]C(C)(CCC(=O)CCCOCCOCC(=O)CCCOCCOCC(=O)CCCCCCO[C@@H]1O[C@H](CO)[C@H](O)[C@H](O)[C@H]1NC(C)=O)C(C)C. The van der Waals surface area contributed by atoms with Gasteiger partial charge in [0.05, 0.1) is 33.0 Å². The number of carbonyl (C=O) groups is 4. The number of ketones is 3. The summed E-state index contributed by atoms with van der Waals surface area (Å²) in [6, 6.07) is -0.969. The Kier molecular flexibility index (Phi) is 25.7. The number of nitrogens with one attached hydrogen (secondary N) is 1. The van der Waals surface area contributed by atoms with Crippen LogP contribution in [0.5, 0.6) is 0 Å². The minimum Gasteiger partial charge on any atom is -0.394 e. The molecular weight excluding hydrogens is 680 g/mol. The van der Waals surface area contributed by atoms with Crippen molar-refractivity contribution in [3.8, 4) is 0 Å². The fourth-order valence-corrected chi connectivity index (χ4v) is 5.28. The summed E-state index contributed by atoms with van der Waals surface area (Å²) in [6.45, 7) is 16.4. The first-order valence-electron chi connectivity index (χ1n) is 18.6. The van der Waals surface area contributed by atoms with Gasteiger partial charge in [-0.25, -0.2) is 6.57 Å². The normalized spacial score (nSPS) is 21.4. The summed E-state index contributed by atoms with van der Waals surface area (Å²) in [4.78, 5) is 51.4. The van der Waals surface area contributed by atoms with Crippen LogP contribution in [0.1, 0.15) is 98.3 Å². The number of hydrogen-bond acceptors (Lipinski definition) is 13. The highest BCUT2D eigenvalue weighted by atomic mass is 16.7. The van der Waals surface area contributed by atoms with Crippen LogP contribution >= 0.6 is 0 Å². The first kappa shape index (κ1) is 47.6. The number of ether oxygens (including phenoxy) is 6. The summed E-state index contributed by atoms with van der Waals surface area (Å²) in [6.07, 6.45) is 1.49. The van der Waals surface area contributed by atoms with E-state index in [4.69, 9.17) is 35.0 Å². The molecule has 1 rings (SSSR count). The van der Waals surface area contributed by atoms with Crippen molar-refractivity contribution >= 4 is 23.3 Å². The lowest BCUT2D eigenvalue weighted by Gasteiger charge is -2.42. The Labute approximate surface area is 309 Å². The molecule has 1 saturated heterocycles. The van der Waals surface area contributed by atoms with Gasteiger partial charge in [0.25, 0.3) is 0 Å². The molecule has 0 spiro atoms. The Morgan fingerprint density at radius 2 is 1.29 bits per heavy atom. The van der Waals surface area contributed by atoms with Gasteiger partial charge in [0.15, 0.2) is 17.9 Å². The third-order valence-corrected chi connectivity index (χ3v) is 9.05. The van der Waals surface area contributed by atoms with E-state index in [2.05, 4.69) is 10.2 Å². The molecule has 0 saturated carbocycles. The molecule has 0 aliphatic carbocycles. The second-order valence-electron chi connectivity index (χ2n) is 13.7. The molecule has 15 heteroatoms. The molecule has 1 heterocycles.